The summed E-state index contributed by atoms with van der Waals surface area (Å²) in [5.41, 5.74) is 0.892. The number of piperazine rings is 1. The van der Waals surface area contributed by atoms with Crippen LogP contribution in [-0.4, -0.2) is 64.4 Å². The molecule has 0 amide bonds. The minimum Gasteiger partial charge on any atom is -0.354 e. The third-order valence-electron chi connectivity index (χ3n) is 4.19. The van der Waals surface area contributed by atoms with Crippen molar-refractivity contribution in [2.24, 2.45) is 7.05 Å². The summed E-state index contributed by atoms with van der Waals surface area (Å²) in [6, 6.07) is 0. The molecule has 0 unspecified atom stereocenters. The first-order valence-electron chi connectivity index (χ1n) is 8.06. The van der Waals surface area contributed by atoms with E-state index in [1.807, 2.05) is 17.9 Å². The van der Waals surface area contributed by atoms with Crippen LogP contribution in [0.1, 0.15) is 19.8 Å². The van der Waals surface area contributed by atoms with Crippen molar-refractivity contribution in [1.82, 2.24) is 24.6 Å². The van der Waals surface area contributed by atoms with Crippen LogP contribution in [0, 0.1) is 0 Å². The van der Waals surface area contributed by atoms with Gasteiger partial charge in [0.15, 0.2) is 5.65 Å². The van der Waals surface area contributed by atoms with E-state index < -0.39 is 0 Å². The van der Waals surface area contributed by atoms with E-state index in [1.165, 1.54) is 0 Å². The van der Waals surface area contributed by atoms with Crippen LogP contribution in [0.2, 0.25) is 0 Å². The van der Waals surface area contributed by atoms with Gasteiger partial charge in [-0.2, -0.15) is 15.1 Å². The van der Waals surface area contributed by atoms with Gasteiger partial charge in [0.05, 0.1) is 11.6 Å². The topological polar surface area (TPSA) is 62.1 Å². The molecule has 3 rings (SSSR count). The van der Waals surface area contributed by atoms with Crippen LogP contribution in [0.25, 0.3) is 11.0 Å². The number of anilines is 2. The lowest BCUT2D eigenvalue weighted by Crippen LogP contribution is -2.45. The molecule has 23 heavy (non-hydrogen) atoms. The van der Waals surface area contributed by atoms with E-state index in [4.69, 9.17) is 4.98 Å². The Morgan fingerprint density at radius 2 is 1.87 bits per heavy atom. The summed E-state index contributed by atoms with van der Waals surface area (Å²) in [5, 5.41) is 8.73. The summed E-state index contributed by atoms with van der Waals surface area (Å²) in [5.74, 6) is 1.71. The number of aromatic nitrogens is 4. The zero-order valence-corrected chi connectivity index (χ0v) is 14.9. The average Bonchev–Trinajstić information content (AvgIpc) is 2.89. The maximum atomic E-state index is 4.77. The van der Waals surface area contributed by atoms with Gasteiger partial charge in [-0.1, -0.05) is 13.3 Å². The lowest BCUT2D eigenvalue weighted by Gasteiger charge is -2.33. The van der Waals surface area contributed by atoms with Crippen LogP contribution in [-0.2, 0) is 7.05 Å². The van der Waals surface area contributed by atoms with Crippen LogP contribution in [0.5, 0.6) is 0 Å². The molecule has 0 atom stereocenters. The Hall–Kier alpha value is -1.60. The second kappa shape index (κ2) is 7.79. The molecule has 0 radical (unpaired) electrons. The molecule has 7 nitrogen and oxygen atoms in total. The molecule has 8 heteroatoms. The van der Waals surface area contributed by atoms with Gasteiger partial charge in [-0.3, -0.25) is 4.68 Å². The molecule has 0 spiro atoms. The number of unbranched alkanes of at least 4 members (excludes halogenated alkanes) is 1. The van der Waals surface area contributed by atoms with E-state index in [9.17, 15) is 0 Å². The fraction of sp³-hybridized carbons (Fsp3) is 0.667. The van der Waals surface area contributed by atoms with Gasteiger partial charge in [0.25, 0.3) is 0 Å². The van der Waals surface area contributed by atoms with E-state index in [1.54, 1.807) is 0 Å². The maximum absolute atomic E-state index is 4.77. The van der Waals surface area contributed by atoms with Crippen molar-refractivity contribution in [3.8, 4) is 0 Å². The molecule has 1 saturated heterocycles. The second-order valence-corrected chi connectivity index (χ2v) is 5.95. The lowest BCUT2D eigenvalue weighted by molar-refractivity contribution is 0.312. The summed E-state index contributed by atoms with van der Waals surface area (Å²) >= 11 is 0. The molecule has 2 aromatic rings. The number of hydrogen-bond acceptors (Lipinski definition) is 6. The molecule has 128 valence electrons. The van der Waals surface area contributed by atoms with E-state index in [0.29, 0.717) is 5.95 Å². The number of nitrogens with one attached hydrogen (secondary N) is 1. The van der Waals surface area contributed by atoms with Gasteiger partial charge in [-0.05, 0) is 13.5 Å². The van der Waals surface area contributed by atoms with Crippen molar-refractivity contribution in [3.63, 3.8) is 0 Å². The van der Waals surface area contributed by atoms with Gasteiger partial charge < -0.3 is 15.1 Å². The Bertz CT molecular complexity index is 634. The Balaban J connectivity index is 0.00000192. The normalized spacial score (nSPS) is 15.7. The fourth-order valence-corrected chi connectivity index (χ4v) is 2.72. The lowest BCUT2D eigenvalue weighted by atomic mass is 10.3. The van der Waals surface area contributed by atoms with Gasteiger partial charge in [0.2, 0.25) is 5.95 Å². The predicted octanol–water partition coefficient (Wildman–Crippen LogP) is 1.75. The first kappa shape index (κ1) is 17.7. The summed E-state index contributed by atoms with van der Waals surface area (Å²) in [6.45, 7) is 7.19. The van der Waals surface area contributed by atoms with Crippen LogP contribution >= 0.6 is 12.4 Å². The zero-order chi connectivity index (χ0) is 15.5. The van der Waals surface area contributed by atoms with Gasteiger partial charge in [-0.25, -0.2) is 0 Å². The van der Waals surface area contributed by atoms with Crippen molar-refractivity contribution in [2.75, 3.05) is 50.0 Å². The van der Waals surface area contributed by atoms with E-state index >= 15 is 0 Å². The minimum absolute atomic E-state index is 0. The molecule has 1 aliphatic rings. The molecular formula is C15H26ClN7. The zero-order valence-electron chi connectivity index (χ0n) is 14.1. The van der Waals surface area contributed by atoms with Crippen LogP contribution in [0.3, 0.4) is 0 Å². The Morgan fingerprint density at radius 3 is 2.57 bits per heavy atom. The van der Waals surface area contributed by atoms with E-state index in [2.05, 4.69) is 39.2 Å². The second-order valence-electron chi connectivity index (χ2n) is 5.95. The number of likely N-dealkylation sites (N-methyl/N-ethyl adjacent to an activating group) is 1. The smallest absolute Gasteiger partial charge is 0.226 e. The monoisotopic (exact) mass is 339 g/mol. The SMILES string of the molecule is CCCCNc1nc(N2CCN(C)CC2)c2cnn(C)c2n1.Cl. The standard InChI is InChI=1S/C15H25N7.ClH/c1-4-5-6-16-15-18-13-12(11-17-21(13)3)14(19-15)22-9-7-20(2)8-10-22;/h11H,4-10H2,1-3H3,(H,16,18,19);1H. The maximum Gasteiger partial charge on any atom is 0.226 e. The Kier molecular flexibility index (Phi) is 6.01. The molecule has 0 bridgehead atoms. The number of aryl methyl sites for hydroxylation is 1. The summed E-state index contributed by atoms with van der Waals surface area (Å²) in [4.78, 5) is 14.1. The quantitative estimate of drug-likeness (QED) is 0.837. The summed E-state index contributed by atoms with van der Waals surface area (Å²) in [7, 11) is 4.09. The van der Waals surface area contributed by atoms with E-state index in [-0.39, 0.29) is 12.4 Å². The summed E-state index contributed by atoms with van der Waals surface area (Å²) in [6.07, 6.45) is 4.15. The average molecular weight is 340 g/mol. The number of halogens is 1. The molecule has 0 aromatic carbocycles. The number of hydrogen-bond donors (Lipinski definition) is 1. The highest BCUT2D eigenvalue weighted by Gasteiger charge is 2.20. The third-order valence-corrected chi connectivity index (χ3v) is 4.19. The Morgan fingerprint density at radius 1 is 1.13 bits per heavy atom. The molecule has 1 aliphatic heterocycles. The van der Waals surface area contributed by atoms with Crippen LogP contribution in [0.4, 0.5) is 11.8 Å². The third kappa shape index (κ3) is 3.84. The highest BCUT2D eigenvalue weighted by atomic mass is 35.5. The highest BCUT2D eigenvalue weighted by Crippen LogP contribution is 2.25. The van der Waals surface area contributed by atoms with Crippen molar-refractivity contribution >= 4 is 35.2 Å². The van der Waals surface area contributed by atoms with E-state index in [0.717, 1.165) is 62.4 Å². The largest absolute Gasteiger partial charge is 0.354 e. The molecule has 0 saturated carbocycles. The molecule has 1 fully saturated rings. The van der Waals surface area contributed by atoms with Gasteiger partial charge >= 0.3 is 0 Å². The number of fused-ring (bicyclic) bond motifs is 1. The van der Waals surface area contributed by atoms with Crippen molar-refractivity contribution < 1.29 is 0 Å². The predicted molar refractivity (Wildman–Crippen MR) is 96.7 cm³/mol. The molecule has 0 aliphatic carbocycles. The molecule has 3 heterocycles. The number of nitrogens with zero attached hydrogens (tertiary/aromatic N) is 6. The first-order chi connectivity index (χ1) is 10.7. The van der Waals surface area contributed by atoms with Crippen molar-refractivity contribution in [3.05, 3.63) is 6.20 Å². The summed E-state index contributed by atoms with van der Waals surface area (Å²) < 4.78 is 1.82. The first-order valence-corrected chi connectivity index (χ1v) is 8.06. The highest BCUT2D eigenvalue weighted by molar-refractivity contribution is 5.88. The van der Waals surface area contributed by atoms with Gasteiger partial charge in [-0.15, -0.1) is 12.4 Å². The van der Waals surface area contributed by atoms with Crippen LogP contribution in [0.15, 0.2) is 6.20 Å². The van der Waals surface area contributed by atoms with Gasteiger partial charge in [0.1, 0.15) is 5.82 Å². The minimum atomic E-state index is 0. The molecular weight excluding hydrogens is 314 g/mol. The fourth-order valence-electron chi connectivity index (χ4n) is 2.72. The van der Waals surface area contributed by atoms with Crippen LogP contribution < -0.4 is 10.2 Å². The number of rotatable bonds is 5. The molecule has 1 N–H and O–H groups in total. The van der Waals surface area contributed by atoms with Crippen molar-refractivity contribution in [1.29, 1.82) is 0 Å². The van der Waals surface area contributed by atoms with Crippen molar-refractivity contribution in [2.45, 2.75) is 19.8 Å². The Labute approximate surface area is 143 Å². The van der Waals surface area contributed by atoms with Gasteiger partial charge in [0, 0.05) is 39.8 Å². The molecule has 2 aromatic heterocycles.